The summed E-state index contributed by atoms with van der Waals surface area (Å²) in [4.78, 5) is 9.14. The zero-order valence-corrected chi connectivity index (χ0v) is 13.6. The average molecular weight is 292 g/mol. The number of nitrogens with two attached hydrogens (primary N) is 1. The number of nitrogen functional groups attached to an aromatic ring is 1. The Kier molecular flexibility index (Phi) is 5.36. The molecule has 0 amide bonds. The molecular formula is C15H28N6. The first-order valence-corrected chi connectivity index (χ1v) is 7.95. The predicted molar refractivity (Wildman–Crippen MR) is 86.8 cm³/mol. The number of nitrogens with one attached hydrogen (secondary N) is 2. The maximum atomic E-state index is 5.59. The molecule has 4 N–H and O–H groups in total. The van der Waals surface area contributed by atoms with Gasteiger partial charge in [0.05, 0.1) is 0 Å². The van der Waals surface area contributed by atoms with Crippen molar-refractivity contribution in [2.24, 2.45) is 5.84 Å². The van der Waals surface area contributed by atoms with Gasteiger partial charge in [-0.3, -0.25) is 0 Å². The van der Waals surface area contributed by atoms with Crippen molar-refractivity contribution < 1.29 is 0 Å². The van der Waals surface area contributed by atoms with Gasteiger partial charge >= 0.3 is 0 Å². The molecule has 1 aromatic rings. The molecule has 2 rings (SSSR count). The van der Waals surface area contributed by atoms with E-state index in [4.69, 9.17) is 5.84 Å². The van der Waals surface area contributed by atoms with Gasteiger partial charge in [0.1, 0.15) is 17.5 Å². The van der Waals surface area contributed by atoms with Crippen LogP contribution in [0.3, 0.4) is 0 Å². The maximum absolute atomic E-state index is 5.59. The van der Waals surface area contributed by atoms with Crippen LogP contribution in [-0.2, 0) is 6.42 Å². The van der Waals surface area contributed by atoms with Gasteiger partial charge in [-0.1, -0.05) is 13.3 Å². The molecule has 21 heavy (non-hydrogen) atoms. The number of rotatable bonds is 5. The molecule has 0 bridgehead atoms. The summed E-state index contributed by atoms with van der Waals surface area (Å²) in [5.41, 5.74) is 7.15. The van der Waals surface area contributed by atoms with Crippen LogP contribution >= 0.6 is 0 Å². The lowest BCUT2D eigenvalue weighted by molar-refractivity contribution is 0.135. The van der Waals surface area contributed by atoms with E-state index in [-0.39, 0.29) is 0 Å². The number of hydrogen-bond donors (Lipinski definition) is 3. The first-order valence-electron chi connectivity index (χ1n) is 7.95. The van der Waals surface area contributed by atoms with Crippen LogP contribution in [0.25, 0.3) is 0 Å². The van der Waals surface area contributed by atoms with Crippen molar-refractivity contribution in [2.45, 2.75) is 71.9 Å². The van der Waals surface area contributed by atoms with Crippen LogP contribution < -0.4 is 16.7 Å². The molecule has 1 aliphatic heterocycles. The lowest BCUT2D eigenvalue weighted by atomic mass is 10.00. The van der Waals surface area contributed by atoms with E-state index in [1.807, 2.05) is 6.92 Å². The number of nitrogens with zero attached hydrogens (tertiary/aromatic N) is 3. The molecule has 2 atom stereocenters. The number of hydrogen-bond acceptors (Lipinski definition) is 6. The Morgan fingerprint density at radius 2 is 1.81 bits per heavy atom. The zero-order chi connectivity index (χ0) is 15.4. The lowest BCUT2D eigenvalue weighted by Gasteiger charge is -2.39. The minimum Gasteiger partial charge on any atom is -0.308 e. The summed E-state index contributed by atoms with van der Waals surface area (Å²) in [6.07, 6.45) is 5.59. The molecule has 0 aromatic carbocycles. The van der Waals surface area contributed by atoms with E-state index < -0.39 is 0 Å². The van der Waals surface area contributed by atoms with Gasteiger partial charge in [-0.2, -0.15) is 0 Å². The standard InChI is InChI=1S/C15H28N6/c1-5-7-13-17-14(19-16)12(4)15(18-13)20-21-10(2)8-6-9-11(21)3/h10-11H,5-9,16H2,1-4H3,(H2,17,18,19,20). The summed E-state index contributed by atoms with van der Waals surface area (Å²) < 4.78 is 0. The van der Waals surface area contributed by atoms with E-state index >= 15 is 0 Å². The fraction of sp³-hybridized carbons (Fsp3) is 0.733. The molecule has 2 heterocycles. The fourth-order valence-electron chi connectivity index (χ4n) is 2.91. The summed E-state index contributed by atoms with van der Waals surface area (Å²) in [7, 11) is 0. The first kappa shape index (κ1) is 16.0. The van der Waals surface area contributed by atoms with E-state index in [0.29, 0.717) is 17.9 Å². The molecule has 1 saturated heterocycles. The van der Waals surface area contributed by atoms with Crippen molar-refractivity contribution in [3.8, 4) is 0 Å². The Morgan fingerprint density at radius 3 is 2.38 bits per heavy atom. The van der Waals surface area contributed by atoms with Crippen molar-refractivity contribution in [2.75, 3.05) is 10.9 Å². The van der Waals surface area contributed by atoms with Crippen molar-refractivity contribution >= 4 is 11.6 Å². The number of piperidine rings is 1. The van der Waals surface area contributed by atoms with Gasteiger partial charge in [-0.15, -0.1) is 0 Å². The Bertz CT molecular complexity index is 465. The van der Waals surface area contributed by atoms with Crippen molar-refractivity contribution in [3.63, 3.8) is 0 Å². The first-order chi connectivity index (χ1) is 10.1. The van der Waals surface area contributed by atoms with E-state index in [9.17, 15) is 0 Å². The van der Waals surface area contributed by atoms with Crippen LogP contribution in [0.4, 0.5) is 11.6 Å². The molecule has 6 heteroatoms. The highest BCUT2D eigenvalue weighted by molar-refractivity contribution is 5.56. The number of hydrazine groups is 2. The second-order valence-electron chi connectivity index (χ2n) is 6.00. The molecule has 118 valence electrons. The number of aromatic nitrogens is 2. The monoisotopic (exact) mass is 292 g/mol. The van der Waals surface area contributed by atoms with Crippen LogP contribution in [0.5, 0.6) is 0 Å². The van der Waals surface area contributed by atoms with Gasteiger partial charge in [0, 0.05) is 24.1 Å². The van der Waals surface area contributed by atoms with Gasteiger partial charge in [0.15, 0.2) is 0 Å². The van der Waals surface area contributed by atoms with Crippen LogP contribution in [0.2, 0.25) is 0 Å². The fourth-order valence-corrected chi connectivity index (χ4v) is 2.91. The average Bonchev–Trinajstić information content (AvgIpc) is 2.46. The van der Waals surface area contributed by atoms with E-state index in [0.717, 1.165) is 30.0 Å². The van der Waals surface area contributed by atoms with Crippen LogP contribution in [0, 0.1) is 6.92 Å². The molecular weight excluding hydrogens is 264 g/mol. The highest BCUT2D eigenvalue weighted by atomic mass is 15.5. The lowest BCUT2D eigenvalue weighted by Crippen LogP contribution is -2.47. The van der Waals surface area contributed by atoms with Crippen molar-refractivity contribution in [3.05, 3.63) is 11.4 Å². The molecule has 1 fully saturated rings. The summed E-state index contributed by atoms with van der Waals surface area (Å²) in [5, 5.41) is 2.31. The molecule has 0 radical (unpaired) electrons. The third-order valence-corrected chi connectivity index (χ3v) is 4.23. The maximum Gasteiger partial charge on any atom is 0.149 e. The Labute approximate surface area is 127 Å². The second-order valence-corrected chi connectivity index (χ2v) is 6.00. The molecule has 2 unspecified atom stereocenters. The number of anilines is 2. The third-order valence-electron chi connectivity index (χ3n) is 4.23. The van der Waals surface area contributed by atoms with E-state index in [1.165, 1.54) is 19.3 Å². The summed E-state index contributed by atoms with van der Waals surface area (Å²) in [6.45, 7) is 8.63. The van der Waals surface area contributed by atoms with Gasteiger partial charge in [0.2, 0.25) is 0 Å². The van der Waals surface area contributed by atoms with Gasteiger partial charge in [0.25, 0.3) is 0 Å². The SMILES string of the molecule is CCCc1nc(NN)c(C)c(NN2C(C)CCCC2C)n1. The Balaban J connectivity index is 2.27. The largest absolute Gasteiger partial charge is 0.308 e. The molecule has 0 aliphatic carbocycles. The Morgan fingerprint density at radius 1 is 1.19 bits per heavy atom. The highest BCUT2D eigenvalue weighted by Crippen LogP contribution is 2.26. The second kappa shape index (κ2) is 7.04. The van der Waals surface area contributed by atoms with E-state index in [1.54, 1.807) is 0 Å². The number of aryl methyl sites for hydroxylation is 1. The summed E-state index contributed by atoms with van der Waals surface area (Å²) >= 11 is 0. The van der Waals surface area contributed by atoms with Crippen LogP contribution in [0.1, 0.15) is 57.8 Å². The smallest absolute Gasteiger partial charge is 0.149 e. The predicted octanol–water partition coefficient (Wildman–Crippen LogP) is 2.61. The molecule has 1 aromatic heterocycles. The molecule has 0 spiro atoms. The highest BCUT2D eigenvalue weighted by Gasteiger charge is 2.26. The third kappa shape index (κ3) is 3.63. The topological polar surface area (TPSA) is 79.1 Å². The zero-order valence-electron chi connectivity index (χ0n) is 13.6. The Hall–Kier alpha value is -1.40. The molecule has 0 saturated carbocycles. The van der Waals surface area contributed by atoms with Crippen molar-refractivity contribution in [1.82, 2.24) is 15.0 Å². The summed E-state index contributed by atoms with van der Waals surface area (Å²) in [6, 6.07) is 1.01. The van der Waals surface area contributed by atoms with Gasteiger partial charge < -0.3 is 10.9 Å². The minimum absolute atomic E-state index is 0.507. The summed E-state index contributed by atoms with van der Waals surface area (Å²) in [5.74, 6) is 7.99. The van der Waals surface area contributed by atoms with E-state index in [2.05, 4.69) is 46.6 Å². The normalized spacial score (nSPS) is 23.1. The van der Waals surface area contributed by atoms with Crippen molar-refractivity contribution in [1.29, 1.82) is 0 Å². The quantitative estimate of drug-likeness (QED) is 0.572. The van der Waals surface area contributed by atoms with Crippen LogP contribution in [0.15, 0.2) is 0 Å². The van der Waals surface area contributed by atoms with Gasteiger partial charge in [-0.25, -0.2) is 20.8 Å². The minimum atomic E-state index is 0.507. The molecule has 6 nitrogen and oxygen atoms in total. The molecule has 1 aliphatic rings. The van der Waals surface area contributed by atoms with Gasteiger partial charge in [-0.05, 0) is 40.0 Å². The van der Waals surface area contributed by atoms with Crippen LogP contribution in [-0.4, -0.2) is 27.1 Å².